The first-order chi connectivity index (χ1) is 10.0. The van der Waals surface area contributed by atoms with Crippen molar-refractivity contribution in [2.45, 2.75) is 25.2 Å². The third-order valence-electron chi connectivity index (χ3n) is 4.35. The summed E-state index contributed by atoms with van der Waals surface area (Å²) in [6.45, 7) is 1.94. The molecule has 0 aromatic carbocycles. The van der Waals surface area contributed by atoms with E-state index in [-0.39, 0.29) is 11.7 Å². The lowest BCUT2D eigenvalue weighted by Crippen LogP contribution is -2.53. The molecule has 3 rings (SSSR count). The molecule has 1 aromatic rings. The van der Waals surface area contributed by atoms with E-state index in [0.717, 1.165) is 11.3 Å². The van der Waals surface area contributed by atoms with Crippen LogP contribution in [-0.2, 0) is 26.2 Å². The molecular weight excluding hydrogens is 270 g/mol. The second-order valence-electron chi connectivity index (χ2n) is 5.61. The zero-order chi connectivity index (χ0) is 15.2. The minimum Gasteiger partial charge on any atom is -0.481 e. The number of ether oxygens (including phenoxy) is 2. The quantitative estimate of drug-likeness (QED) is 0.469. The fraction of sp³-hybridized carbons (Fsp3) is 0.438. The van der Waals surface area contributed by atoms with Crippen LogP contribution in [0, 0.1) is 5.92 Å². The fourth-order valence-corrected chi connectivity index (χ4v) is 3.48. The molecule has 0 saturated heterocycles. The van der Waals surface area contributed by atoms with Gasteiger partial charge in [-0.25, -0.2) is 4.98 Å². The lowest BCUT2D eigenvalue weighted by molar-refractivity contribution is -0.154. The van der Waals surface area contributed by atoms with E-state index in [4.69, 9.17) is 9.47 Å². The number of Topliss-reactive ketones (excluding diaryl/α,β-unsaturated/α-hetero) is 1. The minimum absolute atomic E-state index is 0.0839. The van der Waals surface area contributed by atoms with E-state index >= 15 is 0 Å². The van der Waals surface area contributed by atoms with E-state index < -0.39 is 11.4 Å². The summed E-state index contributed by atoms with van der Waals surface area (Å²) in [5.41, 5.74) is 1.19. The number of aromatic nitrogens is 1. The van der Waals surface area contributed by atoms with Gasteiger partial charge >= 0.3 is 5.97 Å². The minimum atomic E-state index is -1.24. The number of esters is 1. The van der Waals surface area contributed by atoms with Crippen LogP contribution < -0.4 is 4.74 Å². The molecule has 0 radical (unpaired) electrons. The number of hydrogen-bond acceptors (Lipinski definition) is 5. The highest BCUT2D eigenvalue weighted by atomic mass is 16.5. The highest BCUT2D eigenvalue weighted by Crippen LogP contribution is 2.46. The Balaban J connectivity index is 2.25. The third kappa shape index (κ3) is 1.80. The van der Waals surface area contributed by atoms with Gasteiger partial charge in [0, 0.05) is 18.4 Å². The van der Waals surface area contributed by atoms with Gasteiger partial charge in [0.1, 0.15) is 0 Å². The summed E-state index contributed by atoms with van der Waals surface area (Å²) in [6, 6.07) is 3.45. The molecule has 2 unspecified atom stereocenters. The van der Waals surface area contributed by atoms with Crippen LogP contribution >= 0.6 is 0 Å². The lowest BCUT2D eigenvalue weighted by atomic mass is 9.60. The number of rotatable bonds is 2. The molecular formula is C16H17NO4. The Kier molecular flexibility index (Phi) is 3.08. The first kappa shape index (κ1) is 13.8. The second-order valence-corrected chi connectivity index (χ2v) is 5.61. The van der Waals surface area contributed by atoms with Crippen LogP contribution in [0.2, 0.25) is 0 Å². The van der Waals surface area contributed by atoms with Gasteiger partial charge in [-0.15, -0.1) is 0 Å². The van der Waals surface area contributed by atoms with Gasteiger partial charge in [-0.2, -0.15) is 0 Å². The third-order valence-corrected chi connectivity index (χ3v) is 4.35. The zero-order valence-corrected chi connectivity index (χ0v) is 12.3. The van der Waals surface area contributed by atoms with Gasteiger partial charge < -0.3 is 9.47 Å². The Morgan fingerprint density at radius 2 is 2.14 bits per heavy atom. The number of fused-ring (bicyclic) bond motifs is 4. The summed E-state index contributed by atoms with van der Waals surface area (Å²) >= 11 is 0. The summed E-state index contributed by atoms with van der Waals surface area (Å²) in [6.07, 6.45) is 2.80. The first-order valence-electron chi connectivity index (χ1n) is 6.87. The van der Waals surface area contributed by atoms with Crippen molar-refractivity contribution in [2.24, 2.45) is 5.92 Å². The molecule has 0 amide bonds. The number of pyridine rings is 1. The highest BCUT2D eigenvalue weighted by Gasteiger charge is 2.56. The van der Waals surface area contributed by atoms with Gasteiger partial charge in [0.15, 0.2) is 11.2 Å². The standard InChI is InChI=1S/C16H17NO4/c1-9-6-10-7-12-11(4-5-13(17-12)20-2)16(8-9,14(10)18)15(19)21-3/h4-6,10H,7-8H2,1-3H3. The highest BCUT2D eigenvalue weighted by molar-refractivity contribution is 6.13. The van der Waals surface area contributed by atoms with Crippen molar-refractivity contribution in [1.29, 1.82) is 0 Å². The van der Waals surface area contributed by atoms with Crippen LogP contribution in [0.5, 0.6) is 5.88 Å². The molecule has 5 heteroatoms. The van der Waals surface area contributed by atoms with Crippen molar-refractivity contribution in [1.82, 2.24) is 4.98 Å². The van der Waals surface area contributed by atoms with Crippen molar-refractivity contribution in [3.8, 4) is 5.88 Å². The molecule has 1 heterocycles. The van der Waals surface area contributed by atoms with Crippen LogP contribution in [0.15, 0.2) is 23.8 Å². The summed E-state index contributed by atoms with van der Waals surface area (Å²) in [4.78, 5) is 29.7. The maximum absolute atomic E-state index is 12.8. The molecule has 0 aliphatic heterocycles. The Labute approximate surface area is 123 Å². The number of carbonyl (C=O) groups is 2. The molecule has 2 bridgehead atoms. The van der Waals surface area contributed by atoms with Crippen molar-refractivity contribution in [3.05, 3.63) is 35.0 Å². The molecule has 0 fully saturated rings. The molecule has 0 saturated carbocycles. The molecule has 0 N–H and O–H groups in total. The van der Waals surface area contributed by atoms with Gasteiger partial charge in [-0.05, 0) is 18.9 Å². The van der Waals surface area contributed by atoms with E-state index in [0.29, 0.717) is 24.3 Å². The van der Waals surface area contributed by atoms with Gasteiger partial charge in [0.05, 0.1) is 19.9 Å². The average molecular weight is 287 g/mol. The molecule has 2 atom stereocenters. The van der Waals surface area contributed by atoms with Crippen LogP contribution in [0.3, 0.4) is 0 Å². The Bertz CT molecular complexity index is 664. The number of carbonyl (C=O) groups excluding carboxylic acids is 2. The van der Waals surface area contributed by atoms with E-state index in [9.17, 15) is 9.59 Å². The van der Waals surface area contributed by atoms with E-state index in [1.807, 2.05) is 13.0 Å². The predicted octanol–water partition coefficient (Wildman–Crippen LogP) is 1.59. The van der Waals surface area contributed by atoms with E-state index in [1.54, 1.807) is 19.2 Å². The number of hydrogen-bond donors (Lipinski definition) is 0. The van der Waals surface area contributed by atoms with Gasteiger partial charge in [-0.1, -0.05) is 17.7 Å². The van der Waals surface area contributed by atoms with Crippen LogP contribution in [0.1, 0.15) is 24.6 Å². The van der Waals surface area contributed by atoms with Crippen molar-refractivity contribution < 1.29 is 19.1 Å². The summed E-state index contributed by atoms with van der Waals surface area (Å²) in [7, 11) is 2.86. The largest absolute Gasteiger partial charge is 0.481 e. The Morgan fingerprint density at radius 1 is 1.38 bits per heavy atom. The molecule has 1 aromatic heterocycles. The average Bonchev–Trinajstić information content (AvgIpc) is 2.48. The number of methoxy groups -OCH3 is 2. The molecule has 110 valence electrons. The Morgan fingerprint density at radius 3 is 2.81 bits per heavy atom. The van der Waals surface area contributed by atoms with Crippen molar-refractivity contribution in [2.75, 3.05) is 14.2 Å². The maximum Gasteiger partial charge on any atom is 0.324 e. The van der Waals surface area contributed by atoms with Crippen molar-refractivity contribution in [3.63, 3.8) is 0 Å². The van der Waals surface area contributed by atoms with Crippen molar-refractivity contribution >= 4 is 11.8 Å². The summed E-state index contributed by atoms with van der Waals surface area (Å²) in [5, 5.41) is 0. The monoisotopic (exact) mass is 287 g/mol. The summed E-state index contributed by atoms with van der Waals surface area (Å²) in [5.74, 6) is -0.413. The van der Waals surface area contributed by atoms with E-state index in [2.05, 4.69) is 4.98 Å². The molecule has 5 nitrogen and oxygen atoms in total. The number of ketones is 1. The Hall–Kier alpha value is -2.17. The second kappa shape index (κ2) is 4.69. The van der Waals surface area contributed by atoms with E-state index in [1.165, 1.54) is 7.11 Å². The number of nitrogens with zero attached hydrogens (tertiary/aromatic N) is 1. The maximum atomic E-state index is 12.8. The molecule has 0 spiro atoms. The normalized spacial score (nSPS) is 26.7. The van der Waals surface area contributed by atoms with Crippen LogP contribution in [0.4, 0.5) is 0 Å². The molecule has 21 heavy (non-hydrogen) atoms. The lowest BCUT2D eigenvalue weighted by Gasteiger charge is -2.41. The molecule has 2 aliphatic rings. The van der Waals surface area contributed by atoms with Crippen LogP contribution in [0.25, 0.3) is 0 Å². The van der Waals surface area contributed by atoms with Gasteiger partial charge in [0.25, 0.3) is 0 Å². The number of allylic oxidation sites excluding steroid dienone is 2. The van der Waals surface area contributed by atoms with Crippen LogP contribution in [-0.4, -0.2) is 31.0 Å². The SMILES string of the molecule is COC(=O)C12CC(C)=CC(Cc3nc(OC)ccc31)C2=O. The molecule has 2 aliphatic carbocycles. The smallest absolute Gasteiger partial charge is 0.324 e. The zero-order valence-electron chi connectivity index (χ0n) is 12.3. The van der Waals surface area contributed by atoms with Gasteiger partial charge in [-0.3, -0.25) is 9.59 Å². The predicted molar refractivity (Wildman–Crippen MR) is 75.1 cm³/mol. The topological polar surface area (TPSA) is 65.5 Å². The van der Waals surface area contributed by atoms with Gasteiger partial charge in [0.2, 0.25) is 5.88 Å². The summed E-state index contributed by atoms with van der Waals surface area (Å²) < 4.78 is 10.1. The first-order valence-corrected chi connectivity index (χ1v) is 6.87. The fourth-order valence-electron chi connectivity index (χ4n) is 3.48.